The smallest absolute Gasteiger partial charge is 0.307 e. The fourth-order valence-electron chi connectivity index (χ4n) is 2.92. The lowest BCUT2D eigenvalue weighted by Crippen LogP contribution is -2.25. The number of para-hydroxylation sites is 1. The Kier molecular flexibility index (Phi) is 11.1. The molecule has 0 saturated heterocycles. The Labute approximate surface area is 211 Å². The van der Waals surface area contributed by atoms with E-state index in [1.807, 2.05) is 13.0 Å². The third-order valence-corrected chi connectivity index (χ3v) is 4.87. The minimum absolute atomic E-state index is 0.0275. The molecule has 1 heterocycles. The molecule has 0 bridgehead atoms. The quantitative estimate of drug-likeness (QED) is 0.201. The average Bonchev–Trinajstić information content (AvgIpc) is 2.83. The summed E-state index contributed by atoms with van der Waals surface area (Å²) in [6.07, 6.45) is 3.26. The number of hydrogen-bond acceptors (Lipinski definition) is 7. The highest BCUT2D eigenvalue weighted by molar-refractivity contribution is 6.33. The number of carboxylic acid groups (broad SMARTS) is 1. The summed E-state index contributed by atoms with van der Waals surface area (Å²) in [5.41, 5.74) is 2.65. The van der Waals surface area contributed by atoms with Gasteiger partial charge in [0.25, 0.3) is 11.0 Å². The van der Waals surface area contributed by atoms with Gasteiger partial charge in [-0.15, -0.1) is 10.1 Å². The van der Waals surface area contributed by atoms with Gasteiger partial charge in [-0.3, -0.25) is 14.6 Å². The molecule has 1 aromatic heterocycles. The fourth-order valence-corrected chi connectivity index (χ4v) is 3.13. The van der Waals surface area contributed by atoms with Crippen molar-refractivity contribution in [1.29, 1.82) is 0 Å². The van der Waals surface area contributed by atoms with Gasteiger partial charge in [-0.1, -0.05) is 35.4 Å². The van der Waals surface area contributed by atoms with Crippen LogP contribution in [0.5, 0.6) is 0 Å². The van der Waals surface area contributed by atoms with Crippen LogP contribution in [0.4, 0.5) is 15.8 Å². The molecule has 190 valence electrons. The Hall–Kier alpha value is -4.25. The van der Waals surface area contributed by atoms with E-state index in [9.17, 15) is 24.1 Å². The van der Waals surface area contributed by atoms with Gasteiger partial charge in [0, 0.05) is 24.6 Å². The van der Waals surface area contributed by atoms with E-state index >= 15 is 0 Å². The summed E-state index contributed by atoms with van der Waals surface area (Å²) in [7, 11) is 0. The molecule has 0 atom stereocenters. The summed E-state index contributed by atoms with van der Waals surface area (Å²) in [4.78, 5) is 40.0. The molecule has 0 aliphatic rings. The van der Waals surface area contributed by atoms with Gasteiger partial charge in [0.2, 0.25) is 0 Å². The van der Waals surface area contributed by atoms with Crippen molar-refractivity contribution in [3.8, 4) is 0 Å². The first-order chi connectivity index (χ1) is 17.2. The molecule has 3 aromatic rings. The van der Waals surface area contributed by atoms with E-state index in [4.69, 9.17) is 16.7 Å². The summed E-state index contributed by atoms with van der Waals surface area (Å²) in [6, 6.07) is 13.0. The number of carbonyl (C=O) groups excluding carboxylic acids is 1. The van der Waals surface area contributed by atoms with Crippen LogP contribution < -0.4 is 10.6 Å². The van der Waals surface area contributed by atoms with Gasteiger partial charge in [-0.2, -0.15) is 0 Å². The molecule has 0 saturated carbocycles. The molecule has 2 aromatic carbocycles. The Morgan fingerprint density at radius 2 is 2.00 bits per heavy atom. The van der Waals surface area contributed by atoms with Crippen LogP contribution in [-0.2, 0) is 16.1 Å². The van der Waals surface area contributed by atoms with E-state index in [0.29, 0.717) is 29.8 Å². The number of hydrogen-bond donors (Lipinski definition) is 3. The van der Waals surface area contributed by atoms with Gasteiger partial charge in [-0.05, 0) is 49.2 Å². The van der Waals surface area contributed by atoms with E-state index in [-0.39, 0.29) is 29.6 Å². The lowest BCUT2D eigenvalue weighted by molar-refractivity contribution is -0.757. The maximum atomic E-state index is 13.7. The molecule has 0 unspecified atom stereocenters. The first-order valence-corrected chi connectivity index (χ1v) is 11.0. The van der Waals surface area contributed by atoms with Gasteiger partial charge in [0.05, 0.1) is 29.3 Å². The minimum atomic E-state index is -0.946. The van der Waals surface area contributed by atoms with Crippen LogP contribution in [0.25, 0.3) is 0 Å². The summed E-state index contributed by atoms with van der Waals surface area (Å²) < 4.78 is 13.7. The molecule has 1 amide bonds. The minimum Gasteiger partial charge on any atom is -0.481 e. The largest absolute Gasteiger partial charge is 0.481 e. The number of nitrogens with one attached hydrogen (secondary N) is 2. The normalized spacial score (nSPS) is 9.97. The number of aryl methyl sites for hydroxylation is 1. The highest BCUT2D eigenvalue weighted by Gasteiger charge is 2.12. The molecule has 3 rings (SSSR count). The molecule has 0 aliphatic carbocycles. The fraction of sp³-hybridized carbons (Fsp3) is 0.208. The standard InChI is InChI=1S/C15H13ClFNO2.C9H11N3O4/c1-9-5-6-13(10(7-9)8-14(19)20)18-15-11(16)3-2-4-12(15)17;13-9(8-3-1-4-10-7-8)11-5-2-6-16-12(14)15/h2-7,18H,8H2,1H3,(H,19,20);1,3-4,7H,2,5-6H2,(H,11,13). The van der Waals surface area contributed by atoms with Crippen LogP contribution >= 0.6 is 11.6 Å². The number of amides is 1. The number of benzene rings is 2. The zero-order valence-electron chi connectivity index (χ0n) is 19.2. The van der Waals surface area contributed by atoms with Crippen molar-refractivity contribution in [2.45, 2.75) is 19.8 Å². The maximum absolute atomic E-state index is 13.7. The molecule has 36 heavy (non-hydrogen) atoms. The third-order valence-electron chi connectivity index (χ3n) is 4.55. The molecule has 0 spiro atoms. The number of rotatable bonds is 10. The second-order valence-corrected chi connectivity index (χ2v) is 7.77. The zero-order valence-corrected chi connectivity index (χ0v) is 20.0. The Bertz CT molecular complexity index is 1180. The number of halogens is 2. The van der Waals surface area contributed by atoms with Crippen molar-refractivity contribution < 1.29 is 29.0 Å². The second-order valence-electron chi connectivity index (χ2n) is 7.36. The summed E-state index contributed by atoms with van der Waals surface area (Å²) in [5.74, 6) is -1.69. The van der Waals surface area contributed by atoms with Gasteiger partial charge in [-0.25, -0.2) is 4.39 Å². The molecule has 3 N–H and O–H groups in total. The number of aromatic nitrogens is 1. The van der Waals surface area contributed by atoms with E-state index in [1.165, 1.54) is 18.3 Å². The molecule has 0 radical (unpaired) electrons. The van der Waals surface area contributed by atoms with E-state index < -0.39 is 16.9 Å². The second kappa shape index (κ2) is 14.2. The van der Waals surface area contributed by atoms with Crippen molar-refractivity contribution in [2.24, 2.45) is 0 Å². The van der Waals surface area contributed by atoms with Gasteiger partial charge in [0.15, 0.2) is 0 Å². The van der Waals surface area contributed by atoms with Gasteiger partial charge < -0.3 is 20.6 Å². The molecule has 12 heteroatoms. The van der Waals surface area contributed by atoms with Crippen molar-refractivity contribution in [3.05, 3.63) is 98.6 Å². The van der Waals surface area contributed by atoms with E-state index in [2.05, 4.69) is 20.5 Å². The van der Waals surface area contributed by atoms with Crippen LogP contribution in [0.1, 0.15) is 27.9 Å². The van der Waals surface area contributed by atoms with Crippen LogP contribution in [0, 0.1) is 22.9 Å². The zero-order chi connectivity index (χ0) is 26.5. The predicted molar refractivity (Wildman–Crippen MR) is 131 cm³/mol. The van der Waals surface area contributed by atoms with Crippen LogP contribution in [0.15, 0.2) is 60.9 Å². The summed E-state index contributed by atoms with van der Waals surface area (Å²) in [5, 5.41) is 23.6. The van der Waals surface area contributed by atoms with E-state index in [0.717, 1.165) is 5.56 Å². The number of carboxylic acids is 1. The first kappa shape index (κ1) is 28.0. The monoisotopic (exact) mass is 518 g/mol. The lowest BCUT2D eigenvalue weighted by atomic mass is 10.1. The Balaban J connectivity index is 0.000000261. The Morgan fingerprint density at radius 3 is 2.64 bits per heavy atom. The Morgan fingerprint density at radius 1 is 1.22 bits per heavy atom. The predicted octanol–water partition coefficient (Wildman–Crippen LogP) is 4.57. The summed E-state index contributed by atoms with van der Waals surface area (Å²) in [6.45, 7) is 2.16. The number of nitrogens with zero attached hydrogens (tertiary/aromatic N) is 2. The number of pyridine rings is 1. The first-order valence-electron chi connectivity index (χ1n) is 10.6. The lowest BCUT2D eigenvalue weighted by Gasteiger charge is -2.13. The molecule has 10 nitrogen and oxygen atoms in total. The number of aliphatic carboxylic acids is 1. The SMILES string of the molecule is Cc1ccc(Nc2c(F)cccc2Cl)c(CC(=O)O)c1.O=C(NCCCO[N+](=O)[O-])c1cccnc1. The van der Waals surface area contributed by atoms with Gasteiger partial charge in [0.1, 0.15) is 5.82 Å². The molecular formula is C24H24ClFN4O6. The van der Waals surface area contributed by atoms with Gasteiger partial charge >= 0.3 is 5.97 Å². The van der Waals surface area contributed by atoms with E-state index in [1.54, 1.807) is 36.5 Å². The molecular weight excluding hydrogens is 495 g/mol. The molecule has 0 fully saturated rings. The molecule has 0 aliphatic heterocycles. The van der Waals surface area contributed by atoms with Crippen molar-refractivity contribution >= 4 is 34.9 Å². The van der Waals surface area contributed by atoms with Crippen molar-refractivity contribution in [3.63, 3.8) is 0 Å². The highest BCUT2D eigenvalue weighted by Crippen LogP contribution is 2.30. The van der Waals surface area contributed by atoms with Crippen LogP contribution in [0.2, 0.25) is 5.02 Å². The number of anilines is 2. The van der Waals surface area contributed by atoms with Crippen LogP contribution in [-0.4, -0.2) is 40.2 Å². The van der Waals surface area contributed by atoms with Crippen molar-refractivity contribution in [2.75, 3.05) is 18.5 Å². The van der Waals surface area contributed by atoms with Crippen molar-refractivity contribution in [1.82, 2.24) is 10.3 Å². The average molecular weight is 519 g/mol. The maximum Gasteiger partial charge on any atom is 0.307 e. The van der Waals surface area contributed by atoms with Crippen LogP contribution in [0.3, 0.4) is 0 Å². The topological polar surface area (TPSA) is 144 Å². The highest BCUT2D eigenvalue weighted by atomic mass is 35.5. The third kappa shape index (κ3) is 9.55. The number of carbonyl (C=O) groups is 2. The summed E-state index contributed by atoms with van der Waals surface area (Å²) >= 11 is 5.95.